The molecule has 0 atom stereocenters. The SMILES string of the molecule is C#CCCC(=O)OCC(C)C. The Morgan fingerprint density at radius 2 is 2.27 bits per heavy atom. The van der Waals surface area contributed by atoms with E-state index in [2.05, 4.69) is 5.92 Å². The van der Waals surface area contributed by atoms with Gasteiger partial charge in [-0.05, 0) is 5.92 Å². The van der Waals surface area contributed by atoms with Gasteiger partial charge in [-0.2, -0.15) is 0 Å². The first-order valence-electron chi connectivity index (χ1n) is 3.76. The average molecular weight is 154 g/mol. The monoisotopic (exact) mass is 154 g/mol. The highest BCUT2D eigenvalue weighted by molar-refractivity contribution is 5.69. The smallest absolute Gasteiger partial charge is 0.306 e. The fraction of sp³-hybridized carbons (Fsp3) is 0.667. The first-order valence-corrected chi connectivity index (χ1v) is 3.76. The molecule has 0 saturated carbocycles. The molecule has 0 aliphatic carbocycles. The van der Waals surface area contributed by atoms with Crippen molar-refractivity contribution in [3.63, 3.8) is 0 Å². The molecule has 0 heterocycles. The number of carbonyl (C=O) groups excluding carboxylic acids is 1. The van der Waals surface area contributed by atoms with Crippen molar-refractivity contribution >= 4 is 5.97 Å². The molecule has 0 spiro atoms. The van der Waals surface area contributed by atoms with E-state index in [4.69, 9.17) is 11.2 Å². The minimum atomic E-state index is -0.198. The molecular weight excluding hydrogens is 140 g/mol. The van der Waals surface area contributed by atoms with E-state index < -0.39 is 0 Å². The van der Waals surface area contributed by atoms with Crippen molar-refractivity contribution in [2.24, 2.45) is 5.92 Å². The Kier molecular flexibility index (Phi) is 5.28. The van der Waals surface area contributed by atoms with E-state index in [0.717, 1.165) is 0 Å². The van der Waals surface area contributed by atoms with Crippen LogP contribution in [0.15, 0.2) is 0 Å². The number of hydrogen-bond donors (Lipinski definition) is 0. The standard InChI is InChI=1S/C9H14O2/c1-4-5-6-9(10)11-7-8(2)3/h1,8H,5-7H2,2-3H3. The van der Waals surface area contributed by atoms with Crippen molar-refractivity contribution in [3.05, 3.63) is 0 Å². The van der Waals surface area contributed by atoms with Gasteiger partial charge < -0.3 is 4.74 Å². The van der Waals surface area contributed by atoms with E-state index in [1.807, 2.05) is 13.8 Å². The molecule has 0 unspecified atom stereocenters. The zero-order valence-corrected chi connectivity index (χ0v) is 7.09. The van der Waals surface area contributed by atoms with Crippen LogP contribution in [0.25, 0.3) is 0 Å². The van der Waals surface area contributed by atoms with E-state index in [1.54, 1.807) is 0 Å². The van der Waals surface area contributed by atoms with E-state index in [1.165, 1.54) is 0 Å². The first-order chi connectivity index (χ1) is 5.16. The van der Waals surface area contributed by atoms with Gasteiger partial charge in [-0.15, -0.1) is 12.3 Å². The highest BCUT2D eigenvalue weighted by Gasteiger charge is 2.01. The van der Waals surface area contributed by atoms with Gasteiger partial charge in [0.25, 0.3) is 0 Å². The number of ether oxygens (including phenoxy) is 1. The maximum Gasteiger partial charge on any atom is 0.306 e. The van der Waals surface area contributed by atoms with Crippen LogP contribution >= 0.6 is 0 Å². The van der Waals surface area contributed by atoms with E-state index in [9.17, 15) is 4.79 Å². The number of terminal acetylenes is 1. The van der Waals surface area contributed by atoms with Gasteiger partial charge in [0.1, 0.15) is 0 Å². The fourth-order valence-electron chi connectivity index (χ4n) is 0.506. The van der Waals surface area contributed by atoms with Crippen LogP contribution in [0.4, 0.5) is 0 Å². The lowest BCUT2D eigenvalue weighted by atomic mass is 10.2. The van der Waals surface area contributed by atoms with Crippen LogP contribution in [0.5, 0.6) is 0 Å². The molecule has 0 fully saturated rings. The average Bonchev–Trinajstić information content (AvgIpc) is 1.97. The molecule has 62 valence electrons. The van der Waals surface area contributed by atoms with Gasteiger partial charge in [0.05, 0.1) is 13.0 Å². The summed E-state index contributed by atoms with van der Waals surface area (Å²) in [5.74, 6) is 2.58. The maximum atomic E-state index is 10.8. The van der Waals surface area contributed by atoms with Crippen molar-refractivity contribution in [1.29, 1.82) is 0 Å². The molecule has 0 amide bonds. The summed E-state index contributed by atoms with van der Waals surface area (Å²) in [6.07, 6.45) is 5.78. The molecule has 2 nitrogen and oxygen atoms in total. The van der Waals surface area contributed by atoms with Crippen LogP contribution in [-0.4, -0.2) is 12.6 Å². The zero-order chi connectivity index (χ0) is 8.69. The first kappa shape index (κ1) is 10.0. The zero-order valence-electron chi connectivity index (χ0n) is 7.09. The lowest BCUT2D eigenvalue weighted by Gasteiger charge is -2.05. The summed E-state index contributed by atoms with van der Waals surface area (Å²) in [6.45, 7) is 4.48. The van der Waals surface area contributed by atoms with Gasteiger partial charge in [0.2, 0.25) is 0 Å². The molecule has 2 heteroatoms. The van der Waals surface area contributed by atoms with Gasteiger partial charge in [0, 0.05) is 6.42 Å². The van der Waals surface area contributed by atoms with Crippen LogP contribution in [0, 0.1) is 18.3 Å². The normalized spacial score (nSPS) is 9.27. The highest BCUT2D eigenvalue weighted by Crippen LogP contribution is 1.96. The third kappa shape index (κ3) is 6.92. The summed E-state index contributed by atoms with van der Waals surface area (Å²) in [5, 5.41) is 0. The van der Waals surface area contributed by atoms with Crippen LogP contribution in [-0.2, 0) is 9.53 Å². The Balaban J connectivity index is 3.32. The van der Waals surface area contributed by atoms with Crippen LogP contribution in [0.2, 0.25) is 0 Å². The van der Waals surface area contributed by atoms with E-state index in [-0.39, 0.29) is 5.97 Å². The summed E-state index contributed by atoms with van der Waals surface area (Å²) in [6, 6.07) is 0. The summed E-state index contributed by atoms with van der Waals surface area (Å²) in [4.78, 5) is 10.8. The number of esters is 1. The van der Waals surface area contributed by atoms with Crippen molar-refractivity contribution in [3.8, 4) is 12.3 Å². The maximum absolute atomic E-state index is 10.8. The Morgan fingerprint density at radius 1 is 1.64 bits per heavy atom. The summed E-state index contributed by atoms with van der Waals surface area (Å²) >= 11 is 0. The van der Waals surface area contributed by atoms with E-state index in [0.29, 0.717) is 25.4 Å². The van der Waals surface area contributed by atoms with Gasteiger partial charge >= 0.3 is 5.97 Å². The Bertz CT molecular complexity index is 153. The second-order valence-electron chi connectivity index (χ2n) is 2.78. The van der Waals surface area contributed by atoms with Gasteiger partial charge in [-0.25, -0.2) is 0 Å². The Hall–Kier alpha value is -0.970. The molecule has 0 aromatic rings. The predicted octanol–water partition coefficient (Wildman–Crippen LogP) is 1.60. The summed E-state index contributed by atoms with van der Waals surface area (Å²) in [5.41, 5.74) is 0. The van der Waals surface area contributed by atoms with Crippen LogP contribution in [0.3, 0.4) is 0 Å². The lowest BCUT2D eigenvalue weighted by molar-refractivity contribution is -0.144. The summed E-state index contributed by atoms with van der Waals surface area (Å²) in [7, 11) is 0. The Labute approximate surface area is 67.9 Å². The highest BCUT2D eigenvalue weighted by atomic mass is 16.5. The molecule has 0 aromatic carbocycles. The number of carbonyl (C=O) groups is 1. The third-order valence-corrected chi connectivity index (χ3v) is 1.05. The van der Waals surface area contributed by atoms with Crippen LogP contribution < -0.4 is 0 Å². The second kappa shape index (κ2) is 5.79. The van der Waals surface area contributed by atoms with Gasteiger partial charge in [0.15, 0.2) is 0 Å². The van der Waals surface area contributed by atoms with Crippen molar-refractivity contribution < 1.29 is 9.53 Å². The topological polar surface area (TPSA) is 26.3 Å². The van der Waals surface area contributed by atoms with Gasteiger partial charge in [-0.1, -0.05) is 13.8 Å². The van der Waals surface area contributed by atoms with E-state index >= 15 is 0 Å². The van der Waals surface area contributed by atoms with Crippen molar-refractivity contribution in [2.75, 3.05) is 6.61 Å². The molecule has 0 N–H and O–H groups in total. The second-order valence-corrected chi connectivity index (χ2v) is 2.78. The van der Waals surface area contributed by atoms with Crippen LogP contribution in [0.1, 0.15) is 26.7 Å². The molecular formula is C9H14O2. The molecule has 0 aliphatic rings. The molecule has 0 rings (SSSR count). The molecule has 11 heavy (non-hydrogen) atoms. The molecule has 0 radical (unpaired) electrons. The Morgan fingerprint density at radius 3 is 2.73 bits per heavy atom. The number of rotatable bonds is 4. The van der Waals surface area contributed by atoms with Crippen molar-refractivity contribution in [1.82, 2.24) is 0 Å². The quantitative estimate of drug-likeness (QED) is 0.454. The minimum Gasteiger partial charge on any atom is -0.465 e. The fourth-order valence-corrected chi connectivity index (χ4v) is 0.506. The lowest BCUT2D eigenvalue weighted by Crippen LogP contribution is -2.09. The largest absolute Gasteiger partial charge is 0.465 e. The predicted molar refractivity (Wildman–Crippen MR) is 43.9 cm³/mol. The van der Waals surface area contributed by atoms with Crippen molar-refractivity contribution in [2.45, 2.75) is 26.7 Å². The minimum absolute atomic E-state index is 0.198. The molecule has 0 saturated heterocycles. The third-order valence-electron chi connectivity index (χ3n) is 1.05. The molecule has 0 bridgehead atoms. The number of hydrogen-bond acceptors (Lipinski definition) is 2. The molecule has 0 aliphatic heterocycles. The van der Waals surface area contributed by atoms with Gasteiger partial charge in [-0.3, -0.25) is 4.79 Å². The summed E-state index contributed by atoms with van der Waals surface area (Å²) < 4.78 is 4.87. The molecule has 0 aromatic heterocycles.